The van der Waals surface area contributed by atoms with Crippen molar-refractivity contribution in [3.8, 4) is 0 Å². The van der Waals surface area contributed by atoms with Gasteiger partial charge >= 0.3 is 0 Å². The summed E-state index contributed by atoms with van der Waals surface area (Å²) in [5.74, 6) is 0.0305. The van der Waals surface area contributed by atoms with E-state index in [0.717, 1.165) is 35.2 Å². The Hall–Kier alpha value is -0.910. The van der Waals surface area contributed by atoms with Crippen molar-refractivity contribution in [2.75, 3.05) is 25.0 Å². The number of benzene rings is 1. The average molecular weight is 354 g/mol. The van der Waals surface area contributed by atoms with E-state index < -0.39 is 0 Å². The summed E-state index contributed by atoms with van der Waals surface area (Å²) in [6.07, 6.45) is 0.942. The Bertz CT molecular complexity index is 530. The number of nitrogens with zero attached hydrogens (tertiary/aromatic N) is 1. The van der Waals surface area contributed by atoms with Crippen LogP contribution in [0.3, 0.4) is 0 Å². The summed E-state index contributed by atoms with van der Waals surface area (Å²) in [5, 5.41) is 2.96. The largest absolute Gasteiger partial charge is 0.327 e. The van der Waals surface area contributed by atoms with Crippen LogP contribution in [0, 0.1) is 12.3 Å². The summed E-state index contributed by atoms with van der Waals surface area (Å²) >= 11 is 3.46. The maximum absolute atomic E-state index is 12.2. The van der Waals surface area contributed by atoms with E-state index in [1.807, 2.05) is 25.1 Å². The number of halogens is 1. The normalized spacial score (nSPS) is 22.0. The number of nitrogens with two attached hydrogens (primary N) is 1. The highest BCUT2D eigenvalue weighted by atomic mass is 79.9. The molecule has 1 aliphatic heterocycles. The Morgan fingerprint density at radius 1 is 1.52 bits per heavy atom. The van der Waals surface area contributed by atoms with E-state index in [9.17, 15) is 4.79 Å². The van der Waals surface area contributed by atoms with Crippen LogP contribution in [0.25, 0.3) is 0 Å². The smallest absolute Gasteiger partial charge is 0.238 e. The molecule has 1 amide bonds. The van der Waals surface area contributed by atoms with Crippen LogP contribution < -0.4 is 11.1 Å². The van der Waals surface area contributed by atoms with E-state index >= 15 is 0 Å². The molecule has 1 fully saturated rings. The molecular weight excluding hydrogens is 330 g/mol. The number of carbonyl (C=O) groups excluding carboxylic acids is 1. The second-order valence-corrected chi connectivity index (χ2v) is 7.46. The summed E-state index contributed by atoms with van der Waals surface area (Å²) in [7, 11) is 0. The molecule has 4 nitrogen and oxygen atoms in total. The van der Waals surface area contributed by atoms with Gasteiger partial charge in [-0.3, -0.25) is 9.69 Å². The number of hydrogen-bond donors (Lipinski definition) is 2. The van der Waals surface area contributed by atoms with E-state index in [1.54, 1.807) is 0 Å². The van der Waals surface area contributed by atoms with Gasteiger partial charge in [0.05, 0.1) is 6.54 Å². The summed E-state index contributed by atoms with van der Waals surface area (Å²) < 4.78 is 1.05. The van der Waals surface area contributed by atoms with Crippen molar-refractivity contribution < 1.29 is 4.79 Å². The molecule has 1 unspecified atom stereocenters. The molecule has 116 valence electrons. The number of rotatable bonds is 3. The number of carbonyl (C=O) groups is 1. The first-order valence-electron chi connectivity index (χ1n) is 7.32. The molecule has 21 heavy (non-hydrogen) atoms. The zero-order chi connectivity index (χ0) is 15.6. The zero-order valence-electron chi connectivity index (χ0n) is 12.9. The van der Waals surface area contributed by atoms with Crippen LogP contribution in [0.5, 0.6) is 0 Å². The van der Waals surface area contributed by atoms with Gasteiger partial charge in [-0.05, 0) is 42.5 Å². The predicted molar refractivity (Wildman–Crippen MR) is 90.3 cm³/mol. The summed E-state index contributed by atoms with van der Waals surface area (Å²) in [6.45, 7) is 8.51. The molecule has 5 heteroatoms. The van der Waals surface area contributed by atoms with Gasteiger partial charge in [-0.15, -0.1) is 0 Å². The summed E-state index contributed by atoms with van der Waals surface area (Å²) in [5.41, 5.74) is 8.14. The zero-order valence-corrected chi connectivity index (χ0v) is 14.5. The fourth-order valence-corrected chi connectivity index (χ4v) is 2.99. The SMILES string of the molecule is Cc1cc(NC(=O)CN2CCC(N)C(C)(C)C2)ccc1Br. The molecule has 3 N–H and O–H groups in total. The molecule has 0 saturated carbocycles. The molecule has 1 aromatic rings. The van der Waals surface area contributed by atoms with Gasteiger partial charge < -0.3 is 11.1 Å². The van der Waals surface area contributed by atoms with Crippen LogP contribution in [-0.2, 0) is 4.79 Å². The third-order valence-electron chi connectivity index (χ3n) is 4.20. The first-order chi connectivity index (χ1) is 9.78. The predicted octanol–water partition coefficient (Wildman–Crippen LogP) is 2.76. The maximum Gasteiger partial charge on any atom is 0.238 e. The van der Waals surface area contributed by atoms with Crippen LogP contribution in [0.4, 0.5) is 5.69 Å². The highest BCUT2D eigenvalue weighted by Gasteiger charge is 2.33. The Labute approximate surface area is 135 Å². The topological polar surface area (TPSA) is 58.4 Å². The molecule has 1 atom stereocenters. The lowest BCUT2D eigenvalue weighted by molar-refractivity contribution is -0.118. The van der Waals surface area contributed by atoms with E-state index in [-0.39, 0.29) is 17.4 Å². The first kappa shape index (κ1) is 16.5. The Morgan fingerprint density at radius 3 is 2.86 bits per heavy atom. The molecule has 2 rings (SSSR count). The molecule has 1 heterocycles. The number of nitrogens with one attached hydrogen (secondary N) is 1. The minimum Gasteiger partial charge on any atom is -0.327 e. The molecule has 0 aliphatic carbocycles. The van der Waals surface area contributed by atoms with E-state index in [2.05, 4.69) is 40.0 Å². The van der Waals surface area contributed by atoms with Gasteiger partial charge in [0.25, 0.3) is 0 Å². The second kappa shape index (κ2) is 6.46. The van der Waals surface area contributed by atoms with Crippen molar-refractivity contribution in [1.82, 2.24) is 4.90 Å². The van der Waals surface area contributed by atoms with Crippen LogP contribution in [0.1, 0.15) is 25.8 Å². The summed E-state index contributed by atoms with van der Waals surface area (Å²) in [6, 6.07) is 6.04. The van der Waals surface area contributed by atoms with Crippen molar-refractivity contribution in [3.05, 3.63) is 28.2 Å². The lowest BCUT2D eigenvalue weighted by atomic mass is 9.80. The maximum atomic E-state index is 12.2. The molecular formula is C16H24BrN3O. The Balaban J connectivity index is 1.91. The fourth-order valence-electron chi connectivity index (χ4n) is 2.75. The number of anilines is 1. The van der Waals surface area contributed by atoms with Gasteiger partial charge in [0.15, 0.2) is 0 Å². The van der Waals surface area contributed by atoms with Gasteiger partial charge in [-0.25, -0.2) is 0 Å². The van der Waals surface area contributed by atoms with Crippen LogP contribution >= 0.6 is 15.9 Å². The van der Waals surface area contributed by atoms with Crippen molar-refractivity contribution >= 4 is 27.5 Å². The van der Waals surface area contributed by atoms with Gasteiger partial charge in [0.2, 0.25) is 5.91 Å². The minimum absolute atomic E-state index is 0.0305. The fraction of sp³-hybridized carbons (Fsp3) is 0.562. The number of amides is 1. The number of aryl methyl sites for hydroxylation is 1. The third kappa shape index (κ3) is 4.28. The van der Waals surface area contributed by atoms with E-state index in [4.69, 9.17) is 5.73 Å². The average Bonchev–Trinajstić information content (AvgIpc) is 2.38. The number of hydrogen-bond acceptors (Lipinski definition) is 3. The Morgan fingerprint density at radius 2 is 2.24 bits per heavy atom. The van der Waals surface area contributed by atoms with Crippen molar-refractivity contribution in [1.29, 1.82) is 0 Å². The standard InChI is InChI=1S/C16H24BrN3O/c1-11-8-12(4-5-13(11)17)19-15(21)9-20-7-6-14(18)16(2,3)10-20/h4-5,8,14H,6-7,9-10,18H2,1-3H3,(H,19,21). The number of likely N-dealkylation sites (tertiary alicyclic amines) is 1. The monoisotopic (exact) mass is 353 g/mol. The highest BCUT2D eigenvalue weighted by molar-refractivity contribution is 9.10. The van der Waals surface area contributed by atoms with Gasteiger partial charge in [-0.1, -0.05) is 29.8 Å². The molecule has 1 aliphatic rings. The molecule has 0 spiro atoms. The van der Waals surface area contributed by atoms with Crippen LogP contribution in [0.15, 0.2) is 22.7 Å². The third-order valence-corrected chi connectivity index (χ3v) is 5.09. The quantitative estimate of drug-likeness (QED) is 0.878. The van der Waals surface area contributed by atoms with E-state index in [0.29, 0.717) is 6.54 Å². The minimum atomic E-state index is 0.0305. The van der Waals surface area contributed by atoms with Gasteiger partial charge in [0.1, 0.15) is 0 Å². The molecule has 1 aromatic carbocycles. The highest BCUT2D eigenvalue weighted by Crippen LogP contribution is 2.27. The van der Waals surface area contributed by atoms with Gasteiger partial charge in [-0.2, -0.15) is 0 Å². The Kier molecular flexibility index (Phi) is 5.07. The van der Waals surface area contributed by atoms with Gasteiger partial charge in [0, 0.05) is 29.3 Å². The summed E-state index contributed by atoms with van der Waals surface area (Å²) in [4.78, 5) is 14.4. The lowest BCUT2D eigenvalue weighted by Crippen LogP contribution is -2.53. The second-order valence-electron chi connectivity index (χ2n) is 6.61. The molecule has 0 aromatic heterocycles. The lowest BCUT2D eigenvalue weighted by Gasteiger charge is -2.42. The molecule has 0 radical (unpaired) electrons. The van der Waals surface area contributed by atoms with E-state index in [1.165, 1.54) is 0 Å². The van der Waals surface area contributed by atoms with Crippen molar-refractivity contribution in [2.45, 2.75) is 33.2 Å². The number of piperidine rings is 1. The van der Waals surface area contributed by atoms with Crippen LogP contribution in [0.2, 0.25) is 0 Å². The molecule has 1 saturated heterocycles. The molecule has 0 bridgehead atoms. The van der Waals surface area contributed by atoms with Crippen molar-refractivity contribution in [3.63, 3.8) is 0 Å². The van der Waals surface area contributed by atoms with Crippen molar-refractivity contribution in [2.24, 2.45) is 11.1 Å². The first-order valence-corrected chi connectivity index (χ1v) is 8.11. The van der Waals surface area contributed by atoms with Crippen LogP contribution in [-0.4, -0.2) is 36.5 Å².